The first-order valence-electron chi connectivity index (χ1n) is 13.7. The van der Waals surface area contributed by atoms with Gasteiger partial charge in [-0.1, -0.05) is 67.4 Å². The minimum absolute atomic E-state index is 0.0485. The summed E-state index contributed by atoms with van der Waals surface area (Å²) in [6.07, 6.45) is 0. The Labute approximate surface area is 244 Å². The second kappa shape index (κ2) is 13.7. The largest absolute Gasteiger partial charge is 0.495 e. The summed E-state index contributed by atoms with van der Waals surface area (Å²) in [6.45, 7) is 11.4. The van der Waals surface area contributed by atoms with Gasteiger partial charge in [0.25, 0.3) is 10.0 Å². The standard InChI is InChI=1S/C32H41N3O5S/c1-22(2)19-33-32(37)26(6)34(20-27-10-8-9-24(4)17-27)31(36)21-35(29-18-25(5)13-16-30(29)40-7)41(38,39)28-14-11-23(3)12-15-28/h8-18,22,26H,19-21H2,1-7H3,(H,33,37)/t26-/m0/s1. The van der Waals surface area contributed by atoms with E-state index in [1.165, 1.54) is 24.1 Å². The van der Waals surface area contributed by atoms with E-state index in [1.807, 2.05) is 65.0 Å². The van der Waals surface area contributed by atoms with Crippen LogP contribution in [0.5, 0.6) is 5.75 Å². The molecule has 0 aliphatic carbocycles. The van der Waals surface area contributed by atoms with Gasteiger partial charge in [-0.2, -0.15) is 0 Å². The van der Waals surface area contributed by atoms with Gasteiger partial charge in [-0.3, -0.25) is 13.9 Å². The molecule has 0 saturated carbocycles. The van der Waals surface area contributed by atoms with E-state index in [9.17, 15) is 18.0 Å². The Morgan fingerprint density at radius 1 is 0.878 bits per heavy atom. The Hall–Kier alpha value is -3.85. The van der Waals surface area contributed by atoms with Crippen LogP contribution in [0.3, 0.4) is 0 Å². The number of aryl methyl sites for hydroxylation is 3. The van der Waals surface area contributed by atoms with Crippen molar-refractivity contribution in [3.8, 4) is 5.75 Å². The van der Waals surface area contributed by atoms with Crippen LogP contribution in [-0.2, 0) is 26.2 Å². The molecule has 1 atom stereocenters. The number of benzene rings is 3. The molecule has 0 aliphatic heterocycles. The number of methoxy groups -OCH3 is 1. The lowest BCUT2D eigenvalue weighted by atomic mass is 10.1. The Morgan fingerprint density at radius 3 is 2.12 bits per heavy atom. The maximum atomic E-state index is 14.1. The quantitative estimate of drug-likeness (QED) is 0.326. The van der Waals surface area contributed by atoms with Crippen LogP contribution in [0.1, 0.15) is 43.0 Å². The van der Waals surface area contributed by atoms with E-state index in [2.05, 4.69) is 5.32 Å². The van der Waals surface area contributed by atoms with Crippen molar-refractivity contribution in [2.24, 2.45) is 5.92 Å². The molecular formula is C32H41N3O5S. The summed E-state index contributed by atoms with van der Waals surface area (Å²) in [7, 11) is -2.73. The number of hydrogen-bond acceptors (Lipinski definition) is 5. The van der Waals surface area contributed by atoms with Gasteiger partial charge in [-0.25, -0.2) is 8.42 Å². The molecule has 3 rings (SSSR count). The van der Waals surface area contributed by atoms with E-state index >= 15 is 0 Å². The molecular weight excluding hydrogens is 538 g/mol. The van der Waals surface area contributed by atoms with Crippen molar-refractivity contribution >= 4 is 27.5 Å². The zero-order valence-electron chi connectivity index (χ0n) is 25.0. The van der Waals surface area contributed by atoms with Crippen molar-refractivity contribution in [2.45, 2.75) is 59.0 Å². The number of sulfonamides is 1. The van der Waals surface area contributed by atoms with E-state index in [-0.39, 0.29) is 29.0 Å². The normalized spacial score (nSPS) is 12.1. The van der Waals surface area contributed by atoms with Gasteiger partial charge in [0.1, 0.15) is 18.3 Å². The molecule has 3 aromatic rings. The van der Waals surface area contributed by atoms with Crippen molar-refractivity contribution in [3.63, 3.8) is 0 Å². The SMILES string of the molecule is COc1ccc(C)cc1N(CC(=O)N(Cc1cccc(C)c1)[C@@H](C)C(=O)NCC(C)C)S(=O)(=O)c1ccc(C)cc1. The first-order valence-corrected chi connectivity index (χ1v) is 15.1. The van der Waals surface area contributed by atoms with Crippen LogP contribution < -0.4 is 14.4 Å². The zero-order valence-corrected chi connectivity index (χ0v) is 25.8. The lowest BCUT2D eigenvalue weighted by molar-refractivity contribution is -0.139. The third-order valence-electron chi connectivity index (χ3n) is 6.78. The summed E-state index contributed by atoms with van der Waals surface area (Å²) >= 11 is 0. The summed E-state index contributed by atoms with van der Waals surface area (Å²) in [4.78, 5) is 28.7. The van der Waals surface area contributed by atoms with Crippen molar-refractivity contribution in [1.29, 1.82) is 0 Å². The highest BCUT2D eigenvalue weighted by molar-refractivity contribution is 7.92. The molecule has 8 nitrogen and oxygen atoms in total. The van der Waals surface area contributed by atoms with Gasteiger partial charge in [0.15, 0.2) is 0 Å². The first-order chi connectivity index (χ1) is 19.3. The molecule has 9 heteroatoms. The fourth-order valence-electron chi connectivity index (χ4n) is 4.39. The van der Waals surface area contributed by atoms with E-state index < -0.39 is 28.5 Å². The molecule has 1 N–H and O–H groups in total. The first kappa shape index (κ1) is 31.7. The minimum Gasteiger partial charge on any atom is -0.495 e. The smallest absolute Gasteiger partial charge is 0.264 e. The van der Waals surface area contributed by atoms with Gasteiger partial charge in [0.2, 0.25) is 11.8 Å². The monoisotopic (exact) mass is 579 g/mol. The predicted molar refractivity (Wildman–Crippen MR) is 162 cm³/mol. The lowest BCUT2D eigenvalue weighted by Crippen LogP contribution is -2.51. The molecule has 0 radical (unpaired) electrons. The van der Waals surface area contributed by atoms with Gasteiger partial charge in [0.05, 0.1) is 17.7 Å². The van der Waals surface area contributed by atoms with Gasteiger partial charge in [-0.05, 0) is 69.0 Å². The number of amides is 2. The summed E-state index contributed by atoms with van der Waals surface area (Å²) < 4.78 is 34.8. The van der Waals surface area contributed by atoms with Gasteiger partial charge >= 0.3 is 0 Å². The third kappa shape index (κ3) is 8.10. The van der Waals surface area contributed by atoms with E-state index in [4.69, 9.17) is 4.74 Å². The highest BCUT2D eigenvalue weighted by atomic mass is 32.2. The Morgan fingerprint density at radius 2 is 1.51 bits per heavy atom. The zero-order chi connectivity index (χ0) is 30.3. The fourth-order valence-corrected chi connectivity index (χ4v) is 5.80. The van der Waals surface area contributed by atoms with Crippen LogP contribution in [0.2, 0.25) is 0 Å². The topological polar surface area (TPSA) is 96.0 Å². The molecule has 0 aromatic heterocycles. The fraction of sp³-hybridized carbons (Fsp3) is 0.375. The number of ether oxygens (including phenoxy) is 1. The number of anilines is 1. The Bertz CT molecular complexity index is 1470. The molecule has 0 aliphatic rings. The maximum Gasteiger partial charge on any atom is 0.264 e. The lowest BCUT2D eigenvalue weighted by Gasteiger charge is -2.32. The van der Waals surface area contributed by atoms with Crippen LogP contribution in [0.15, 0.2) is 71.6 Å². The predicted octanol–water partition coefficient (Wildman–Crippen LogP) is 5.01. The average molecular weight is 580 g/mol. The summed E-state index contributed by atoms with van der Waals surface area (Å²) in [5.41, 5.74) is 3.80. The number of nitrogens with one attached hydrogen (secondary N) is 1. The summed E-state index contributed by atoms with van der Waals surface area (Å²) in [6, 6.07) is 18.5. The number of hydrogen-bond donors (Lipinski definition) is 1. The summed E-state index contributed by atoms with van der Waals surface area (Å²) in [5.74, 6) is -0.276. The number of nitrogens with zero attached hydrogens (tertiary/aromatic N) is 2. The van der Waals surface area contributed by atoms with Crippen LogP contribution in [-0.4, -0.2) is 51.4 Å². The van der Waals surface area contributed by atoms with Crippen molar-refractivity contribution in [3.05, 3.63) is 89.0 Å². The Balaban J connectivity index is 2.08. The second-order valence-electron chi connectivity index (χ2n) is 10.8. The molecule has 3 aromatic carbocycles. The van der Waals surface area contributed by atoms with Crippen molar-refractivity contribution in [2.75, 3.05) is 24.5 Å². The molecule has 41 heavy (non-hydrogen) atoms. The van der Waals surface area contributed by atoms with E-state index in [0.717, 1.165) is 26.6 Å². The van der Waals surface area contributed by atoms with Crippen molar-refractivity contribution < 1.29 is 22.7 Å². The number of rotatable bonds is 12. The van der Waals surface area contributed by atoms with E-state index in [0.29, 0.717) is 12.3 Å². The highest BCUT2D eigenvalue weighted by Crippen LogP contribution is 2.34. The molecule has 2 amide bonds. The Kier molecular flexibility index (Phi) is 10.6. The number of carbonyl (C=O) groups excluding carboxylic acids is 2. The molecule has 0 bridgehead atoms. The third-order valence-corrected chi connectivity index (χ3v) is 8.55. The highest BCUT2D eigenvalue weighted by Gasteiger charge is 2.34. The average Bonchev–Trinajstić information content (AvgIpc) is 2.93. The molecule has 0 fully saturated rings. The molecule has 0 spiro atoms. The molecule has 0 heterocycles. The van der Waals surface area contributed by atoms with Crippen LogP contribution in [0.4, 0.5) is 5.69 Å². The van der Waals surface area contributed by atoms with Crippen LogP contribution in [0, 0.1) is 26.7 Å². The number of carbonyl (C=O) groups is 2. The van der Waals surface area contributed by atoms with Gasteiger partial charge in [0, 0.05) is 13.1 Å². The van der Waals surface area contributed by atoms with Crippen LogP contribution >= 0.6 is 0 Å². The van der Waals surface area contributed by atoms with Gasteiger partial charge in [-0.15, -0.1) is 0 Å². The van der Waals surface area contributed by atoms with Crippen molar-refractivity contribution in [1.82, 2.24) is 10.2 Å². The summed E-state index contributed by atoms with van der Waals surface area (Å²) in [5, 5.41) is 2.90. The second-order valence-corrected chi connectivity index (χ2v) is 12.7. The van der Waals surface area contributed by atoms with E-state index in [1.54, 1.807) is 31.2 Å². The molecule has 220 valence electrons. The van der Waals surface area contributed by atoms with Crippen LogP contribution in [0.25, 0.3) is 0 Å². The van der Waals surface area contributed by atoms with Gasteiger partial charge < -0.3 is 15.0 Å². The molecule has 0 unspecified atom stereocenters. The minimum atomic E-state index is -4.19. The maximum absolute atomic E-state index is 14.1. The molecule has 0 saturated heterocycles.